The van der Waals surface area contributed by atoms with Gasteiger partial charge >= 0.3 is 6.03 Å². The summed E-state index contributed by atoms with van der Waals surface area (Å²) in [6.07, 6.45) is 8.39. The van der Waals surface area contributed by atoms with E-state index in [0.717, 1.165) is 19.5 Å². The van der Waals surface area contributed by atoms with Crippen molar-refractivity contribution in [2.45, 2.75) is 25.3 Å². The highest BCUT2D eigenvalue weighted by molar-refractivity contribution is 5.88. The molecule has 0 aromatic carbocycles. The Kier molecular flexibility index (Phi) is 3.59. The van der Waals surface area contributed by atoms with E-state index in [0.29, 0.717) is 11.9 Å². The Hall–Kier alpha value is -1.69. The van der Waals surface area contributed by atoms with Crippen molar-refractivity contribution in [3.8, 4) is 0 Å². The van der Waals surface area contributed by atoms with Crippen molar-refractivity contribution in [2.24, 2.45) is 0 Å². The number of urea groups is 1. The molecule has 0 radical (unpaired) electrons. The van der Waals surface area contributed by atoms with Gasteiger partial charge in [-0.3, -0.25) is 15.2 Å². The number of carbonyl (C=O) groups excluding carboxylic acids is 1. The topological polar surface area (TPSA) is 61.4 Å². The Morgan fingerprint density at radius 2 is 2.11 bits per heavy atom. The Labute approximate surface area is 112 Å². The summed E-state index contributed by atoms with van der Waals surface area (Å²) in [5.74, 6) is 0.511. The minimum Gasteiger partial charge on any atom is -0.323 e. The number of aromatic nitrogens is 2. The van der Waals surface area contributed by atoms with E-state index in [1.54, 1.807) is 18.6 Å². The van der Waals surface area contributed by atoms with Crippen LogP contribution in [-0.4, -0.2) is 58.0 Å². The summed E-state index contributed by atoms with van der Waals surface area (Å²) in [7, 11) is 0. The van der Waals surface area contributed by atoms with Crippen LogP contribution >= 0.6 is 0 Å². The van der Waals surface area contributed by atoms with Gasteiger partial charge in [-0.1, -0.05) is 0 Å². The smallest absolute Gasteiger partial charge is 0.323 e. The van der Waals surface area contributed by atoms with Crippen LogP contribution in [0.2, 0.25) is 0 Å². The molecule has 6 heteroatoms. The third-order valence-electron chi connectivity index (χ3n) is 3.91. The molecule has 1 N–H and O–H groups in total. The maximum atomic E-state index is 12.1. The van der Waals surface area contributed by atoms with Crippen LogP contribution in [0.15, 0.2) is 18.6 Å². The Morgan fingerprint density at radius 1 is 1.26 bits per heavy atom. The van der Waals surface area contributed by atoms with E-state index >= 15 is 0 Å². The molecule has 6 nitrogen and oxygen atoms in total. The van der Waals surface area contributed by atoms with Gasteiger partial charge in [-0.15, -0.1) is 0 Å². The van der Waals surface area contributed by atoms with Gasteiger partial charge in [0.05, 0.1) is 6.20 Å². The Morgan fingerprint density at radius 3 is 2.84 bits per heavy atom. The van der Waals surface area contributed by atoms with Crippen LogP contribution in [0.25, 0.3) is 0 Å². The zero-order valence-corrected chi connectivity index (χ0v) is 11.0. The lowest BCUT2D eigenvalue weighted by molar-refractivity contribution is 0.210. The summed E-state index contributed by atoms with van der Waals surface area (Å²) in [6, 6.07) is 0.470. The van der Waals surface area contributed by atoms with Crippen LogP contribution in [0.1, 0.15) is 19.3 Å². The highest BCUT2D eigenvalue weighted by Gasteiger charge is 2.31. The van der Waals surface area contributed by atoms with Gasteiger partial charge in [0.25, 0.3) is 0 Å². The molecule has 0 aliphatic carbocycles. The normalized spacial score (nSPS) is 23.8. The largest absolute Gasteiger partial charge is 0.323 e. The number of rotatable bonds is 2. The van der Waals surface area contributed by atoms with E-state index < -0.39 is 0 Å². The summed E-state index contributed by atoms with van der Waals surface area (Å²) in [4.78, 5) is 24.5. The van der Waals surface area contributed by atoms with E-state index in [4.69, 9.17) is 0 Å². The van der Waals surface area contributed by atoms with Gasteiger partial charge < -0.3 is 4.90 Å². The number of amides is 2. The fraction of sp³-hybridized carbons (Fsp3) is 0.615. The van der Waals surface area contributed by atoms with Crippen molar-refractivity contribution in [3.63, 3.8) is 0 Å². The first-order chi connectivity index (χ1) is 9.33. The predicted molar refractivity (Wildman–Crippen MR) is 71.8 cm³/mol. The van der Waals surface area contributed by atoms with Gasteiger partial charge in [0.15, 0.2) is 5.82 Å². The van der Waals surface area contributed by atoms with Crippen molar-refractivity contribution in [1.82, 2.24) is 19.8 Å². The number of carbonyl (C=O) groups is 1. The van der Waals surface area contributed by atoms with Crippen LogP contribution in [-0.2, 0) is 0 Å². The van der Waals surface area contributed by atoms with Gasteiger partial charge in [0, 0.05) is 31.5 Å². The highest BCUT2D eigenvalue weighted by atomic mass is 16.2. The summed E-state index contributed by atoms with van der Waals surface area (Å²) in [6.45, 7) is 4.02. The molecule has 3 rings (SSSR count). The molecule has 1 unspecified atom stereocenters. The molecular formula is C13H19N5O. The molecule has 2 aliphatic rings. The lowest BCUT2D eigenvalue weighted by Crippen LogP contribution is -2.38. The first-order valence-corrected chi connectivity index (χ1v) is 6.89. The molecule has 19 heavy (non-hydrogen) atoms. The fourth-order valence-corrected chi connectivity index (χ4v) is 2.88. The van der Waals surface area contributed by atoms with E-state index in [-0.39, 0.29) is 6.03 Å². The zero-order valence-electron chi connectivity index (χ0n) is 11.0. The molecule has 1 atom stereocenters. The molecular weight excluding hydrogens is 242 g/mol. The predicted octanol–water partition coefficient (Wildman–Crippen LogP) is 1.18. The van der Waals surface area contributed by atoms with Gasteiger partial charge in [0.2, 0.25) is 0 Å². The lowest BCUT2D eigenvalue weighted by atomic mass is 10.2. The standard InChI is InChI=1S/C13H19N5O/c19-13(16-12-9-14-4-5-15-12)18-8-3-11(10-18)17-6-1-2-7-17/h4-5,9,11H,1-3,6-8,10H2,(H,15,16,19). The molecule has 2 saturated heterocycles. The second kappa shape index (κ2) is 5.52. The first-order valence-electron chi connectivity index (χ1n) is 6.89. The Bertz CT molecular complexity index is 432. The summed E-state index contributed by atoms with van der Waals surface area (Å²) >= 11 is 0. The van der Waals surface area contributed by atoms with E-state index in [2.05, 4.69) is 20.2 Å². The minimum absolute atomic E-state index is 0.0674. The molecule has 2 aliphatic heterocycles. The lowest BCUT2D eigenvalue weighted by Gasteiger charge is -2.23. The van der Waals surface area contributed by atoms with Gasteiger partial charge in [0.1, 0.15) is 0 Å². The highest BCUT2D eigenvalue weighted by Crippen LogP contribution is 2.20. The van der Waals surface area contributed by atoms with Gasteiger partial charge in [-0.05, 0) is 32.4 Å². The average molecular weight is 261 g/mol. The molecule has 0 saturated carbocycles. The van der Waals surface area contributed by atoms with Crippen LogP contribution in [0.4, 0.5) is 10.6 Å². The molecule has 0 bridgehead atoms. The van der Waals surface area contributed by atoms with Crippen molar-refractivity contribution in [2.75, 3.05) is 31.5 Å². The number of anilines is 1. The van der Waals surface area contributed by atoms with Crippen molar-refractivity contribution < 1.29 is 4.79 Å². The molecule has 1 aromatic heterocycles. The van der Waals surface area contributed by atoms with E-state index in [1.165, 1.54) is 25.9 Å². The van der Waals surface area contributed by atoms with E-state index in [9.17, 15) is 4.79 Å². The summed E-state index contributed by atoms with van der Waals surface area (Å²) in [5, 5.41) is 2.79. The van der Waals surface area contributed by atoms with Crippen molar-refractivity contribution in [1.29, 1.82) is 0 Å². The molecule has 2 amide bonds. The number of hydrogen-bond donors (Lipinski definition) is 1. The summed E-state index contributed by atoms with van der Waals surface area (Å²) in [5.41, 5.74) is 0. The van der Waals surface area contributed by atoms with Crippen LogP contribution in [0, 0.1) is 0 Å². The SMILES string of the molecule is O=C(Nc1cnccn1)N1CCC(N2CCCC2)C1. The maximum absolute atomic E-state index is 12.1. The fourth-order valence-electron chi connectivity index (χ4n) is 2.88. The maximum Gasteiger partial charge on any atom is 0.323 e. The monoisotopic (exact) mass is 261 g/mol. The van der Waals surface area contributed by atoms with E-state index in [1.807, 2.05) is 4.90 Å². The molecule has 3 heterocycles. The number of likely N-dealkylation sites (tertiary alicyclic amines) is 2. The first kappa shape index (κ1) is 12.3. The third kappa shape index (κ3) is 2.84. The number of hydrogen-bond acceptors (Lipinski definition) is 4. The number of nitrogens with zero attached hydrogens (tertiary/aromatic N) is 4. The van der Waals surface area contributed by atoms with Crippen molar-refractivity contribution in [3.05, 3.63) is 18.6 Å². The molecule has 102 valence electrons. The second-order valence-electron chi connectivity index (χ2n) is 5.15. The number of nitrogens with one attached hydrogen (secondary N) is 1. The van der Waals surface area contributed by atoms with Crippen molar-refractivity contribution >= 4 is 11.8 Å². The zero-order chi connectivity index (χ0) is 13.1. The average Bonchev–Trinajstić information content (AvgIpc) is 3.11. The Balaban J connectivity index is 1.54. The molecule has 2 fully saturated rings. The van der Waals surface area contributed by atoms with Gasteiger partial charge in [-0.2, -0.15) is 0 Å². The minimum atomic E-state index is -0.0674. The third-order valence-corrected chi connectivity index (χ3v) is 3.91. The molecule has 1 aromatic rings. The molecule has 0 spiro atoms. The van der Waals surface area contributed by atoms with Crippen LogP contribution < -0.4 is 5.32 Å². The quantitative estimate of drug-likeness (QED) is 0.868. The second-order valence-corrected chi connectivity index (χ2v) is 5.15. The summed E-state index contributed by atoms with van der Waals surface area (Å²) < 4.78 is 0. The van der Waals surface area contributed by atoms with Crippen LogP contribution in [0.3, 0.4) is 0 Å². The van der Waals surface area contributed by atoms with Gasteiger partial charge in [-0.25, -0.2) is 9.78 Å². The van der Waals surface area contributed by atoms with Crippen LogP contribution in [0.5, 0.6) is 0 Å².